The van der Waals surface area contributed by atoms with E-state index in [2.05, 4.69) is 20.8 Å². The molecule has 4 unspecified atom stereocenters. The molecule has 2 aromatic carbocycles. The summed E-state index contributed by atoms with van der Waals surface area (Å²) in [6.45, 7) is 6.97. The highest BCUT2D eigenvalue weighted by atomic mass is 16.7. The van der Waals surface area contributed by atoms with Gasteiger partial charge in [-0.3, -0.25) is 60.7 Å². The van der Waals surface area contributed by atoms with Crippen molar-refractivity contribution < 1.29 is 39.8 Å². The number of fused-ring (bicyclic) bond motifs is 2. The minimum atomic E-state index is -1.21. The van der Waals surface area contributed by atoms with Crippen molar-refractivity contribution in [2.75, 3.05) is 0 Å². The third-order valence-electron chi connectivity index (χ3n) is 8.31. The van der Waals surface area contributed by atoms with E-state index in [-0.39, 0.29) is 17.5 Å². The average molecular weight is 626 g/mol. The van der Waals surface area contributed by atoms with Crippen molar-refractivity contribution in [2.24, 2.45) is 28.2 Å². The van der Waals surface area contributed by atoms with Crippen LogP contribution >= 0.6 is 0 Å². The molecule has 0 aliphatic heterocycles. The molecule has 0 heterocycles. The molecule has 6 N–H and O–H groups in total. The maximum atomic E-state index is 10.4. The number of nitro benzene ring substituents is 6. The minimum absolute atomic E-state index is 0.214. The predicted molar refractivity (Wildman–Crippen MR) is 147 cm³/mol. The summed E-state index contributed by atoms with van der Waals surface area (Å²) in [4.78, 5) is 55.5. The van der Waals surface area contributed by atoms with Gasteiger partial charge in [-0.05, 0) is 29.6 Å². The van der Waals surface area contributed by atoms with Gasteiger partial charge < -0.3 is 21.7 Å². The van der Waals surface area contributed by atoms with Crippen LogP contribution < -0.4 is 11.5 Å². The van der Waals surface area contributed by atoms with Gasteiger partial charge in [0.2, 0.25) is 0 Å². The third-order valence-corrected chi connectivity index (χ3v) is 8.31. The van der Waals surface area contributed by atoms with Crippen LogP contribution in [0.25, 0.3) is 0 Å². The van der Waals surface area contributed by atoms with Gasteiger partial charge in [0.15, 0.2) is 0 Å². The van der Waals surface area contributed by atoms with Crippen LogP contribution in [0.4, 0.5) is 34.1 Å². The van der Waals surface area contributed by atoms with Crippen LogP contribution in [0.1, 0.15) is 33.6 Å². The maximum Gasteiger partial charge on any atom is 0.324 e. The van der Waals surface area contributed by atoms with E-state index in [1.54, 1.807) is 0 Å². The Hall–Kier alpha value is -5.64. The highest BCUT2D eigenvalue weighted by Gasteiger charge is 2.63. The number of aromatic hydroxyl groups is 2. The van der Waals surface area contributed by atoms with E-state index >= 15 is 0 Å². The molecule has 2 aliphatic rings. The number of nitro groups is 6. The van der Waals surface area contributed by atoms with Crippen LogP contribution in [0.3, 0.4) is 0 Å². The van der Waals surface area contributed by atoms with E-state index in [0.717, 1.165) is 0 Å². The number of phenolic OH excluding ortho intramolecular Hbond substituents is 2. The fourth-order valence-electron chi connectivity index (χ4n) is 5.45. The molecule has 0 amide bonds. The molecule has 0 radical (unpaired) electrons. The Labute approximate surface area is 244 Å². The lowest BCUT2D eigenvalue weighted by atomic mass is 9.69. The van der Waals surface area contributed by atoms with E-state index in [1.807, 2.05) is 0 Å². The number of rotatable bonds is 6. The largest absolute Gasteiger partial charge is 0.497 e. The van der Waals surface area contributed by atoms with Gasteiger partial charge >= 0.3 is 22.7 Å². The lowest BCUT2D eigenvalue weighted by Crippen LogP contribution is -2.50. The first kappa shape index (κ1) is 34.6. The normalized spacial score (nSPS) is 22.4. The van der Waals surface area contributed by atoms with E-state index in [9.17, 15) is 60.7 Å². The molecule has 44 heavy (non-hydrogen) atoms. The Morgan fingerprint density at radius 1 is 0.636 bits per heavy atom. The SMILES string of the molecule is CC1(C)C2CCC1(C)C(N)C2N.O=[N+]([O-])c1cc([N+](=O)[O-])c(O)c([N+](=O)[O-])c1.O=[N+]([O-])c1cc([N+](=O)[O-])c(O)c([N+](=O)[O-])c1. The summed E-state index contributed by atoms with van der Waals surface area (Å²) in [6, 6.07) is 2.24. The van der Waals surface area contributed by atoms with Gasteiger partial charge in [-0.15, -0.1) is 0 Å². The van der Waals surface area contributed by atoms with Gasteiger partial charge in [0.25, 0.3) is 22.9 Å². The molecule has 0 spiro atoms. The maximum absolute atomic E-state index is 10.4. The molecule has 2 saturated carbocycles. The van der Waals surface area contributed by atoms with Crippen molar-refractivity contribution in [2.45, 2.75) is 45.7 Å². The zero-order valence-electron chi connectivity index (χ0n) is 23.1. The molecule has 0 saturated heterocycles. The second-order valence-corrected chi connectivity index (χ2v) is 10.6. The molecule has 22 nitrogen and oxygen atoms in total. The number of non-ortho nitro benzene ring substituents is 2. The molecule has 2 bridgehead atoms. The lowest BCUT2D eigenvalue weighted by Gasteiger charge is -2.37. The summed E-state index contributed by atoms with van der Waals surface area (Å²) in [5.41, 5.74) is 6.89. The second-order valence-electron chi connectivity index (χ2n) is 10.6. The van der Waals surface area contributed by atoms with Crippen LogP contribution in [0.2, 0.25) is 0 Å². The Morgan fingerprint density at radius 3 is 1.09 bits per heavy atom. The quantitative estimate of drug-likeness (QED) is 0.263. The molecule has 2 aromatic rings. The fraction of sp³-hybridized carbons (Fsp3) is 0.455. The highest BCUT2D eigenvalue weighted by molar-refractivity contribution is 5.65. The monoisotopic (exact) mass is 626 g/mol. The smallest absolute Gasteiger partial charge is 0.324 e. The molecule has 4 atom stereocenters. The van der Waals surface area contributed by atoms with E-state index in [1.165, 1.54) is 12.8 Å². The average Bonchev–Trinajstić information content (AvgIpc) is 3.22. The molecule has 4 rings (SSSR count). The van der Waals surface area contributed by atoms with Crippen molar-refractivity contribution in [1.82, 2.24) is 0 Å². The topological polar surface area (TPSA) is 351 Å². The standard InChI is InChI=1S/C10H20N2.2C6H3N3O7/c1-9(2)6-4-5-10(9,3)8(12)7(6)11;2*10-6-4(8(13)14)1-3(7(11)12)2-5(6)9(15)16/h6-8H,4-5,11-12H2,1-3H3;2*1-2,10H. The molecule has 22 heteroatoms. The summed E-state index contributed by atoms with van der Waals surface area (Å²) >= 11 is 0. The summed E-state index contributed by atoms with van der Waals surface area (Å²) < 4.78 is 0. The van der Waals surface area contributed by atoms with Crippen molar-refractivity contribution in [3.8, 4) is 11.5 Å². The van der Waals surface area contributed by atoms with Crippen molar-refractivity contribution in [3.63, 3.8) is 0 Å². The van der Waals surface area contributed by atoms with Crippen molar-refractivity contribution >= 4 is 34.1 Å². The first-order valence-electron chi connectivity index (χ1n) is 12.2. The van der Waals surface area contributed by atoms with Crippen LogP contribution in [-0.4, -0.2) is 51.8 Å². The lowest BCUT2D eigenvalue weighted by molar-refractivity contribution is -0.404. The number of nitrogens with two attached hydrogens (primary N) is 2. The van der Waals surface area contributed by atoms with Gasteiger partial charge in [-0.25, -0.2) is 0 Å². The molecule has 0 aromatic heterocycles. The number of benzene rings is 2. The highest BCUT2D eigenvalue weighted by Crippen LogP contribution is 2.64. The van der Waals surface area contributed by atoms with Crippen molar-refractivity contribution in [1.29, 1.82) is 0 Å². The number of phenols is 2. The first-order valence-corrected chi connectivity index (χ1v) is 12.2. The molecular formula is C22H26N8O14. The minimum Gasteiger partial charge on any atom is -0.497 e. The zero-order chi connectivity index (χ0) is 34.1. The zero-order valence-corrected chi connectivity index (χ0v) is 23.1. The van der Waals surface area contributed by atoms with Gasteiger partial charge in [0, 0.05) is 12.1 Å². The summed E-state index contributed by atoms with van der Waals surface area (Å²) in [7, 11) is 0. The second kappa shape index (κ2) is 12.3. The number of nitrogens with zero attached hydrogens (tertiary/aromatic N) is 6. The summed E-state index contributed by atoms with van der Waals surface area (Å²) in [5, 5.41) is 80.4. The van der Waals surface area contributed by atoms with Gasteiger partial charge in [-0.1, -0.05) is 20.8 Å². The van der Waals surface area contributed by atoms with Gasteiger partial charge in [0.05, 0.1) is 53.8 Å². The van der Waals surface area contributed by atoms with Crippen LogP contribution in [0, 0.1) is 77.4 Å². The van der Waals surface area contributed by atoms with Crippen LogP contribution in [-0.2, 0) is 0 Å². The van der Waals surface area contributed by atoms with Crippen LogP contribution in [0.15, 0.2) is 24.3 Å². The van der Waals surface area contributed by atoms with E-state index in [0.29, 0.717) is 35.6 Å². The Kier molecular flexibility index (Phi) is 9.66. The van der Waals surface area contributed by atoms with Crippen LogP contribution in [0.5, 0.6) is 11.5 Å². The van der Waals surface area contributed by atoms with E-state index in [4.69, 9.17) is 21.7 Å². The summed E-state index contributed by atoms with van der Waals surface area (Å²) in [6.07, 6.45) is 2.54. The third kappa shape index (κ3) is 6.24. The summed E-state index contributed by atoms with van der Waals surface area (Å²) in [5.74, 6) is -1.77. The Bertz CT molecular complexity index is 1400. The Balaban J connectivity index is 0.000000232. The first-order chi connectivity index (χ1) is 20.1. The van der Waals surface area contributed by atoms with E-state index < -0.39 is 75.2 Å². The van der Waals surface area contributed by atoms with Crippen molar-refractivity contribution in [3.05, 3.63) is 85.0 Å². The molecule has 2 fully saturated rings. The van der Waals surface area contributed by atoms with Gasteiger partial charge in [-0.2, -0.15) is 0 Å². The van der Waals surface area contributed by atoms with Gasteiger partial charge in [0.1, 0.15) is 0 Å². The Morgan fingerprint density at radius 2 is 0.932 bits per heavy atom. The number of hydrogen-bond acceptors (Lipinski definition) is 16. The fourth-order valence-corrected chi connectivity index (χ4v) is 5.45. The molecular weight excluding hydrogens is 600 g/mol. The predicted octanol–water partition coefficient (Wildman–Crippen LogP) is 3.33. The molecule has 238 valence electrons. The number of hydrogen-bond donors (Lipinski definition) is 4. The molecule has 2 aliphatic carbocycles.